The van der Waals surface area contributed by atoms with Crippen molar-refractivity contribution >= 4 is 56.6 Å². The van der Waals surface area contributed by atoms with Crippen molar-refractivity contribution in [1.29, 1.82) is 0 Å². The van der Waals surface area contributed by atoms with E-state index in [2.05, 4.69) is 16.0 Å². The van der Waals surface area contributed by atoms with E-state index in [9.17, 15) is 9.59 Å². The fraction of sp³-hybridized carbons (Fsp3) is 0.0952. The SMILES string of the molecule is Cc1nn(Cc2ccccc2Cl)c2sc(C(=O)NNC(=O)c3ccccc3Cl)cc12. The zero-order chi connectivity index (χ0) is 21.3. The molecule has 4 aromatic rings. The normalized spacial score (nSPS) is 10.9. The molecule has 2 aromatic heterocycles. The lowest BCUT2D eigenvalue weighted by Crippen LogP contribution is -2.41. The van der Waals surface area contributed by atoms with Crippen molar-refractivity contribution in [2.24, 2.45) is 0 Å². The molecule has 0 fully saturated rings. The fourth-order valence-corrected chi connectivity index (χ4v) is 4.48. The molecule has 0 saturated carbocycles. The van der Waals surface area contributed by atoms with Gasteiger partial charge in [-0.05, 0) is 36.8 Å². The lowest BCUT2D eigenvalue weighted by molar-refractivity contribution is 0.0849. The molecule has 0 aliphatic carbocycles. The van der Waals surface area contributed by atoms with Crippen LogP contribution in [-0.4, -0.2) is 21.6 Å². The van der Waals surface area contributed by atoms with Gasteiger partial charge in [-0.25, -0.2) is 0 Å². The van der Waals surface area contributed by atoms with Crippen LogP contribution in [0.25, 0.3) is 10.2 Å². The molecular weight excluding hydrogens is 443 g/mol. The molecule has 0 atom stereocenters. The zero-order valence-corrected chi connectivity index (χ0v) is 18.1. The van der Waals surface area contributed by atoms with E-state index >= 15 is 0 Å². The van der Waals surface area contributed by atoms with E-state index in [-0.39, 0.29) is 5.56 Å². The Hall–Kier alpha value is -2.87. The molecule has 0 aliphatic heterocycles. The number of benzene rings is 2. The lowest BCUT2D eigenvalue weighted by Gasteiger charge is -2.07. The highest BCUT2D eigenvalue weighted by molar-refractivity contribution is 7.20. The summed E-state index contributed by atoms with van der Waals surface area (Å²) < 4.78 is 1.83. The summed E-state index contributed by atoms with van der Waals surface area (Å²) in [6, 6.07) is 15.9. The third-order valence-electron chi connectivity index (χ3n) is 4.52. The fourth-order valence-electron chi connectivity index (χ4n) is 3.01. The Bertz CT molecular complexity index is 1270. The number of hydrazine groups is 1. The van der Waals surface area contributed by atoms with E-state index in [0.717, 1.165) is 21.5 Å². The first-order chi connectivity index (χ1) is 14.4. The molecule has 152 valence electrons. The van der Waals surface area contributed by atoms with E-state index < -0.39 is 11.8 Å². The zero-order valence-electron chi connectivity index (χ0n) is 15.8. The van der Waals surface area contributed by atoms with Gasteiger partial charge in [-0.3, -0.25) is 25.1 Å². The summed E-state index contributed by atoms with van der Waals surface area (Å²) in [5, 5.41) is 6.42. The minimum Gasteiger partial charge on any atom is -0.267 e. The molecule has 0 unspecified atom stereocenters. The van der Waals surface area contributed by atoms with E-state index in [1.54, 1.807) is 30.3 Å². The number of thiophene rings is 1. The first kappa shape index (κ1) is 20.4. The Labute approximate surface area is 186 Å². The highest BCUT2D eigenvalue weighted by Gasteiger charge is 2.18. The molecule has 0 bridgehead atoms. The average Bonchev–Trinajstić information content (AvgIpc) is 3.29. The van der Waals surface area contributed by atoms with Crippen LogP contribution in [-0.2, 0) is 6.54 Å². The first-order valence-electron chi connectivity index (χ1n) is 8.99. The van der Waals surface area contributed by atoms with Crippen molar-refractivity contribution in [3.8, 4) is 0 Å². The summed E-state index contributed by atoms with van der Waals surface area (Å²) in [7, 11) is 0. The Morgan fingerprint density at radius 2 is 1.67 bits per heavy atom. The standard InChI is InChI=1S/C21H16Cl2N4O2S/c1-12-15-10-18(20(29)25-24-19(28)14-7-3-5-9-17(14)23)30-21(15)27(26-12)11-13-6-2-4-8-16(13)22/h2-10H,11H2,1H3,(H,24,28)(H,25,29). The quantitative estimate of drug-likeness (QED) is 0.429. The van der Waals surface area contributed by atoms with Crippen LogP contribution in [0.15, 0.2) is 54.6 Å². The second-order valence-electron chi connectivity index (χ2n) is 6.55. The topological polar surface area (TPSA) is 76.0 Å². The number of rotatable bonds is 4. The van der Waals surface area contributed by atoms with Crippen molar-refractivity contribution in [3.63, 3.8) is 0 Å². The summed E-state index contributed by atoms with van der Waals surface area (Å²) in [5.74, 6) is -0.906. The summed E-state index contributed by atoms with van der Waals surface area (Å²) in [5.41, 5.74) is 6.86. The predicted octanol–water partition coefficient (Wildman–Crippen LogP) is 4.84. The number of hydrogen-bond acceptors (Lipinski definition) is 4. The van der Waals surface area contributed by atoms with Crippen LogP contribution in [0.1, 0.15) is 31.3 Å². The molecule has 2 N–H and O–H groups in total. The van der Waals surface area contributed by atoms with Crippen LogP contribution < -0.4 is 10.9 Å². The largest absolute Gasteiger partial charge is 0.279 e. The Kier molecular flexibility index (Phi) is 5.76. The van der Waals surface area contributed by atoms with Gasteiger partial charge in [0.25, 0.3) is 11.8 Å². The number of nitrogens with one attached hydrogen (secondary N) is 2. The van der Waals surface area contributed by atoms with Crippen molar-refractivity contribution in [2.75, 3.05) is 0 Å². The van der Waals surface area contributed by atoms with Crippen molar-refractivity contribution in [3.05, 3.63) is 86.3 Å². The van der Waals surface area contributed by atoms with Crippen LogP contribution in [0.5, 0.6) is 0 Å². The van der Waals surface area contributed by atoms with Crippen LogP contribution in [0, 0.1) is 6.92 Å². The second-order valence-corrected chi connectivity index (χ2v) is 8.40. The van der Waals surface area contributed by atoms with Crippen molar-refractivity contribution in [1.82, 2.24) is 20.6 Å². The van der Waals surface area contributed by atoms with Crippen LogP contribution in [0.2, 0.25) is 10.0 Å². The van der Waals surface area contributed by atoms with Gasteiger partial charge in [0.2, 0.25) is 0 Å². The molecule has 0 radical (unpaired) electrons. The second kappa shape index (κ2) is 8.47. The van der Waals surface area contributed by atoms with Gasteiger partial charge in [-0.15, -0.1) is 11.3 Å². The molecule has 2 amide bonds. The number of aryl methyl sites for hydroxylation is 1. The minimum absolute atomic E-state index is 0.280. The molecule has 6 nitrogen and oxygen atoms in total. The molecule has 2 aromatic carbocycles. The highest BCUT2D eigenvalue weighted by atomic mass is 35.5. The molecule has 0 spiro atoms. The third-order valence-corrected chi connectivity index (χ3v) is 6.36. The van der Waals surface area contributed by atoms with Gasteiger partial charge in [0.05, 0.1) is 27.7 Å². The van der Waals surface area contributed by atoms with E-state index in [0.29, 0.717) is 21.5 Å². The van der Waals surface area contributed by atoms with Crippen LogP contribution in [0.4, 0.5) is 0 Å². The average molecular weight is 459 g/mol. The third kappa shape index (κ3) is 4.05. The highest BCUT2D eigenvalue weighted by Crippen LogP contribution is 2.29. The molecule has 2 heterocycles. The lowest BCUT2D eigenvalue weighted by atomic mass is 10.2. The van der Waals surface area contributed by atoms with Gasteiger partial charge < -0.3 is 0 Å². The Morgan fingerprint density at radius 3 is 2.40 bits per heavy atom. The van der Waals surface area contributed by atoms with Gasteiger partial charge in [0.15, 0.2) is 0 Å². The predicted molar refractivity (Wildman–Crippen MR) is 119 cm³/mol. The van der Waals surface area contributed by atoms with Crippen molar-refractivity contribution < 1.29 is 9.59 Å². The minimum atomic E-state index is -0.490. The maximum Gasteiger partial charge on any atom is 0.279 e. The van der Waals surface area contributed by atoms with E-state index in [1.807, 2.05) is 35.9 Å². The summed E-state index contributed by atoms with van der Waals surface area (Å²) in [4.78, 5) is 26.1. The number of carbonyl (C=O) groups excluding carboxylic acids is 2. The molecular formula is C21H16Cl2N4O2S. The summed E-state index contributed by atoms with van der Waals surface area (Å²) in [6.07, 6.45) is 0. The summed E-state index contributed by atoms with van der Waals surface area (Å²) in [6.45, 7) is 2.38. The monoisotopic (exact) mass is 458 g/mol. The number of hydrogen-bond donors (Lipinski definition) is 2. The number of amides is 2. The van der Waals surface area contributed by atoms with Crippen LogP contribution in [0.3, 0.4) is 0 Å². The number of halogens is 2. The first-order valence-corrected chi connectivity index (χ1v) is 10.6. The summed E-state index contributed by atoms with van der Waals surface area (Å²) >= 11 is 13.6. The number of carbonyl (C=O) groups is 2. The van der Waals surface area contributed by atoms with E-state index in [1.165, 1.54) is 11.3 Å². The van der Waals surface area contributed by atoms with Gasteiger partial charge in [0, 0.05) is 10.4 Å². The van der Waals surface area contributed by atoms with Gasteiger partial charge in [-0.2, -0.15) is 5.10 Å². The van der Waals surface area contributed by atoms with Crippen LogP contribution >= 0.6 is 34.5 Å². The molecule has 0 saturated heterocycles. The Balaban J connectivity index is 1.52. The number of nitrogens with zero attached hydrogens (tertiary/aromatic N) is 2. The van der Waals surface area contributed by atoms with Crippen molar-refractivity contribution in [2.45, 2.75) is 13.5 Å². The smallest absolute Gasteiger partial charge is 0.267 e. The molecule has 4 rings (SSSR count). The van der Waals surface area contributed by atoms with E-state index in [4.69, 9.17) is 23.2 Å². The Morgan fingerprint density at radius 1 is 1.00 bits per heavy atom. The maximum atomic E-state index is 12.6. The number of aromatic nitrogens is 2. The number of fused-ring (bicyclic) bond motifs is 1. The van der Waals surface area contributed by atoms with Gasteiger partial charge >= 0.3 is 0 Å². The maximum absolute atomic E-state index is 12.6. The van der Waals surface area contributed by atoms with Gasteiger partial charge in [-0.1, -0.05) is 53.5 Å². The molecule has 0 aliphatic rings. The molecule has 30 heavy (non-hydrogen) atoms. The van der Waals surface area contributed by atoms with Gasteiger partial charge in [0.1, 0.15) is 4.83 Å². The molecule has 9 heteroatoms.